The molecule has 1 aliphatic heterocycles. The third-order valence-corrected chi connectivity index (χ3v) is 6.87. The van der Waals surface area contributed by atoms with E-state index in [2.05, 4.69) is 53.2 Å². The van der Waals surface area contributed by atoms with Gasteiger partial charge in [-0.2, -0.15) is 0 Å². The first kappa shape index (κ1) is 18.4. The lowest BCUT2D eigenvalue weighted by Crippen LogP contribution is -2.40. The summed E-state index contributed by atoms with van der Waals surface area (Å²) in [7, 11) is 0. The molecule has 0 fully saturated rings. The van der Waals surface area contributed by atoms with Crippen LogP contribution in [0.4, 0.5) is 4.79 Å². The predicted octanol–water partition coefficient (Wildman–Crippen LogP) is 5.29. The molecule has 2 aromatic carbocycles. The quantitative estimate of drug-likeness (QED) is 0.642. The summed E-state index contributed by atoms with van der Waals surface area (Å²) in [4.78, 5) is 13.8. The largest absolute Gasteiger partial charge is 0.449 e. The molecule has 0 bridgehead atoms. The third-order valence-electron chi connectivity index (χ3n) is 5.85. The van der Waals surface area contributed by atoms with E-state index >= 15 is 0 Å². The van der Waals surface area contributed by atoms with Gasteiger partial charge in [0.2, 0.25) is 0 Å². The summed E-state index contributed by atoms with van der Waals surface area (Å²) in [6.45, 7) is 2.98. The van der Waals surface area contributed by atoms with E-state index in [0.29, 0.717) is 13.2 Å². The first-order valence-electron chi connectivity index (χ1n) is 10.0. The molecule has 1 aliphatic carbocycles. The van der Waals surface area contributed by atoms with Gasteiger partial charge in [-0.15, -0.1) is 11.3 Å². The fraction of sp³-hybridized carbons (Fsp3) is 0.292. The zero-order chi connectivity index (χ0) is 19.8. The Labute approximate surface area is 174 Å². The summed E-state index contributed by atoms with van der Waals surface area (Å²) in [5, 5.41) is 5.06. The molecule has 2 aliphatic rings. The molecule has 0 unspecified atom stereocenters. The maximum Gasteiger partial charge on any atom is 0.407 e. The highest BCUT2D eigenvalue weighted by Gasteiger charge is 2.31. The van der Waals surface area contributed by atoms with Gasteiger partial charge in [0.1, 0.15) is 12.7 Å². The van der Waals surface area contributed by atoms with Crippen LogP contribution < -0.4 is 5.32 Å². The average Bonchev–Trinajstić information content (AvgIpc) is 3.35. The molecule has 29 heavy (non-hydrogen) atoms. The van der Waals surface area contributed by atoms with Gasteiger partial charge in [-0.1, -0.05) is 48.5 Å². The lowest BCUT2D eigenvalue weighted by Gasteiger charge is -2.28. The normalized spacial score (nSPS) is 18.4. The molecule has 2 heterocycles. The molecule has 1 aromatic heterocycles. The molecule has 5 heteroatoms. The summed E-state index contributed by atoms with van der Waals surface area (Å²) < 4.78 is 11.6. The van der Waals surface area contributed by atoms with Crippen LogP contribution in [-0.4, -0.2) is 25.3 Å². The summed E-state index contributed by atoms with van der Waals surface area (Å²) in [6, 6.07) is 18.7. The van der Waals surface area contributed by atoms with E-state index in [1.165, 1.54) is 32.7 Å². The number of nitrogens with one attached hydrogen (secondary N) is 1. The summed E-state index contributed by atoms with van der Waals surface area (Å²) in [5.41, 5.74) is 6.21. The second-order valence-corrected chi connectivity index (χ2v) is 8.56. The Morgan fingerprint density at radius 3 is 2.55 bits per heavy atom. The number of hydrogen-bond acceptors (Lipinski definition) is 4. The first-order chi connectivity index (χ1) is 14.2. The van der Waals surface area contributed by atoms with E-state index in [-0.39, 0.29) is 18.1 Å². The minimum atomic E-state index is -0.397. The monoisotopic (exact) mass is 405 g/mol. The number of carbonyl (C=O) groups is 1. The summed E-state index contributed by atoms with van der Waals surface area (Å²) in [6.07, 6.45) is 0.429. The van der Waals surface area contributed by atoms with Crippen LogP contribution in [-0.2, 0) is 15.9 Å². The summed E-state index contributed by atoms with van der Waals surface area (Å²) >= 11 is 1.69. The molecular weight excluding hydrogens is 382 g/mol. The predicted molar refractivity (Wildman–Crippen MR) is 114 cm³/mol. The highest BCUT2D eigenvalue weighted by atomic mass is 32.1. The molecule has 0 radical (unpaired) electrons. The van der Waals surface area contributed by atoms with Gasteiger partial charge in [0.15, 0.2) is 0 Å². The van der Waals surface area contributed by atoms with Crippen molar-refractivity contribution < 1.29 is 14.3 Å². The number of alkyl carbamates (subject to hydrolysis) is 1. The van der Waals surface area contributed by atoms with Crippen molar-refractivity contribution in [3.05, 3.63) is 81.5 Å². The lowest BCUT2D eigenvalue weighted by molar-refractivity contribution is 0.0214. The number of ether oxygens (including phenoxy) is 2. The van der Waals surface area contributed by atoms with E-state index in [1.54, 1.807) is 11.3 Å². The molecule has 148 valence electrons. The van der Waals surface area contributed by atoms with Gasteiger partial charge in [-0.05, 0) is 52.6 Å². The van der Waals surface area contributed by atoms with Crippen LogP contribution >= 0.6 is 11.3 Å². The van der Waals surface area contributed by atoms with Gasteiger partial charge in [-0.25, -0.2) is 4.79 Å². The van der Waals surface area contributed by atoms with Crippen LogP contribution in [0.1, 0.15) is 40.5 Å². The molecule has 0 saturated heterocycles. The van der Waals surface area contributed by atoms with Crippen molar-refractivity contribution in [2.24, 2.45) is 0 Å². The van der Waals surface area contributed by atoms with Crippen LogP contribution in [0.3, 0.4) is 0 Å². The molecule has 0 saturated carbocycles. The Kier molecular flexibility index (Phi) is 4.86. The summed E-state index contributed by atoms with van der Waals surface area (Å²) in [5.74, 6) is 0.0679. The second kappa shape index (κ2) is 7.65. The standard InChI is InChI=1S/C24H23NO3S/c1-15(22-23-16(10-12-27-22)11-13-29-23)25-24(26)28-14-21-19-8-4-2-6-17(19)18-7-3-5-9-20(18)21/h2-9,11,13,15,21-22H,10,12,14H2,1H3,(H,25,26)/t15-,22-/m1/s1. The van der Waals surface area contributed by atoms with Crippen LogP contribution in [0.25, 0.3) is 11.1 Å². The molecule has 3 aromatic rings. The van der Waals surface area contributed by atoms with Crippen molar-refractivity contribution in [2.75, 3.05) is 13.2 Å². The maximum absolute atomic E-state index is 12.5. The SMILES string of the molecule is C[C@@H](NC(=O)OCC1c2ccccc2-c2ccccc21)[C@H]1OCCc2ccsc21. The van der Waals surface area contributed by atoms with Crippen LogP contribution in [0, 0.1) is 0 Å². The number of fused-ring (bicyclic) bond motifs is 4. The van der Waals surface area contributed by atoms with Gasteiger partial charge in [-0.3, -0.25) is 0 Å². The highest BCUT2D eigenvalue weighted by molar-refractivity contribution is 7.10. The van der Waals surface area contributed by atoms with E-state index < -0.39 is 6.09 Å². The number of thiophene rings is 1. The van der Waals surface area contributed by atoms with Gasteiger partial charge in [0.05, 0.1) is 12.6 Å². The van der Waals surface area contributed by atoms with Crippen molar-refractivity contribution >= 4 is 17.4 Å². The molecule has 0 spiro atoms. The minimum Gasteiger partial charge on any atom is -0.449 e. The van der Waals surface area contributed by atoms with E-state index in [4.69, 9.17) is 9.47 Å². The molecule has 5 rings (SSSR count). The fourth-order valence-electron chi connectivity index (χ4n) is 4.45. The van der Waals surface area contributed by atoms with Crippen molar-refractivity contribution in [3.8, 4) is 11.1 Å². The topological polar surface area (TPSA) is 47.6 Å². The van der Waals surface area contributed by atoms with Gasteiger partial charge >= 0.3 is 6.09 Å². The first-order valence-corrected chi connectivity index (χ1v) is 10.9. The van der Waals surface area contributed by atoms with E-state index in [1.807, 2.05) is 19.1 Å². The van der Waals surface area contributed by atoms with Crippen LogP contribution in [0.15, 0.2) is 60.0 Å². The lowest BCUT2D eigenvalue weighted by atomic mass is 9.98. The number of carbonyl (C=O) groups excluding carboxylic acids is 1. The number of rotatable bonds is 4. The zero-order valence-electron chi connectivity index (χ0n) is 16.3. The van der Waals surface area contributed by atoms with Gasteiger partial charge in [0, 0.05) is 10.8 Å². The molecular formula is C24H23NO3S. The van der Waals surface area contributed by atoms with Crippen molar-refractivity contribution in [2.45, 2.75) is 31.4 Å². The van der Waals surface area contributed by atoms with Crippen molar-refractivity contribution in [3.63, 3.8) is 0 Å². The van der Waals surface area contributed by atoms with Gasteiger partial charge < -0.3 is 14.8 Å². The molecule has 2 atom stereocenters. The Bertz CT molecular complexity index is 998. The van der Waals surface area contributed by atoms with Crippen molar-refractivity contribution in [1.82, 2.24) is 5.32 Å². The second-order valence-electron chi connectivity index (χ2n) is 7.61. The fourth-order valence-corrected chi connectivity index (χ4v) is 5.55. The van der Waals surface area contributed by atoms with E-state index in [9.17, 15) is 4.79 Å². The van der Waals surface area contributed by atoms with Crippen molar-refractivity contribution in [1.29, 1.82) is 0 Å². The Balaban J connectivity index is 1.26. The molecule has 1 N–H and O–H groups in total. The smallest absolute Gasteiger partial charge is 0.407 e. The van der Waals surface area contributed by atoms with Crippen LogP contribution in [0.5, 0.6) is 0 Å². The third kappa shape index (κ3) is 3.34. The van der Waals surface area contributed by atoms with Gasteiger partial charge in [0.25, 0.3) is 0 Å². The Morgan fingerprint density at radius 2 is 1.83 bits per heavy atom. The minimum absolute atomic E-state index is 0.0679. The number of amides is 1. The highest BCUT2D eigenvalue weighted by Crippen LogP contribution is 2.44. The van der Waals surface area contributed by atoms with Crippen LogP contribution in [0.2, 0.25) is 0 Å². The zero-order valence-corrected chi connectivity index (χ0v) is 17.1. The Hall–Kier alpha value is -2.63. The number of hydrogen-bond donors (Lipinski definition) is 1. The average molecular weight is 406 g/mol. The maximum atomic E-state index is 12.5. The van der Waals surface area contributed by atoms with E-state index in [0.717, 1.165) is 6.42 Å². The Morgan fingerprint density at radius 1 is 1.14 bits per heavy atom. The molecule has 4 nitrogen and oxygen atoms in total. The number of benzene rings is 2. The molecule has 1 amide bonds.